The Balaban J connectivity index is 1.64. The summed E-state index contributed by atoms with van der Waals surface area (Å²) in [6.07, 6.45) is 1.89. The van der Waals surface area contributed by atoms with Crippen molar-refractivity contribution in [3.05, 3.63) is 66.0 Å². The second kappa shape index (κ2) is 7.64. The molecule has 2 rings (SSSR count). The minimum absolute atomic E-state index is 0.141. The highest BCUT2D eigenvalue weighted by Gasteiger charge is 2.07. The Morgan fingerprint density at radius 2 is 1.84 bits per heavy atom. The molecule has 0 aliphatic carbocycles. The third-order valence-corrected chi connectivity index (χ3v) is 2.85. The van der Waals surface area contributed by atoms with E-state index in [2.05, 4.69) is 4.98 Å². The Kier molecular flexibility index (Phi) is 5.50. The zero-order chi connectivity index (χ0) is 13.3. The molecule has 2 nitrogen and oxygen atoms in total. The fraction of sp³-hybridized carbons (Fsp3) is 0.312. The van der Waals surface area contributed by atoms with Crippen LogP contribution in [0, 0.1) is 0 Å². The molecular weight excluding hydrogens is 241 g/mol. The lowest BCUT2D eigenvalue weighted by molar-refractivity contribution is 0.0665. The molecule has 0 saturated heterocycles. The number of ether oxygens (including phenoxy) is 1. The molecule has 0 aliphatic rings. The predicted octanol–water partition coefficient (Wildman–Crippen LogP) is 3.57. The van der Waals surface area contributed by atoms with Gasteiger partial charge in [-0.3, -0.25) is 4.98 Å². The van der Waals surface area contributed by atoms with Crippen molar-refractivity contribution in [3.63, 3.8) is 0 Å². The zero-order valence-corrected chi connectivity index (χ0v) is 10.8. The lowest BCUT2D eigenvalue weighted by Crippen LogP contribution is -2.11. The first-order chi connectivity index (χ1) is 9.34. The van der Waals surface area contributed by atoms with Crippen molar-refractivity contribution < 1.29 is 9.13 Å². The number of aromatic nitrogens is 1. The molecule has 0 aliphatic heterocycles. The van der Waals surface area contributed by atoms with Crippen molar-refractivity contribution in [2.45, 2.75) is 25.6 Å². The van der Waals surface area contributed by atoms with Crippen LogP contribution in [0.15, 0.2) is 54.7 Å². The van der Waals surface area contributed by atoms with E-state index < -0.39 is 6.17 Å². The Bertz CT molecular complexity index is 461. The van der Waals surface area contributed by atoms with Crippen LogP contribution in [0.2, 0.25) is 0 Å². The molecule has 0 N–H and O–H groups in total. The Morgan fingerprint density at radius 3 is 2.58 bits per heavy atom. The molecule has 0 fully saturated rings. The van der Waals surface area contributed by atoms with Gasteiger partial charge in [0.25, 0.3) is 0 Å². The van der Waals surface area contributed by atoms with Crippen LogP contribution in [0.5, 0.6) is 0 Å². The number of benzene rings is 1. The summed E-state index contributed by atoms with van der Waals surface area (Å²) in [6.45, 7) is 0.604. The lowest BCUT2D eigenvalue weighted by Gasteiger charge is -2.09. The number of halogens is 1. The Morgan fingerprint density at radius 1 is 1.05 bits per heavy atom. The summed E-state index contributed by atoms with van der Waals surface area (Å²) in [5.41, 5.74) is 1.99. The third kappa shape index (κ3) is 5.18. The van der Waals surface area contributed by atoms with E-state index >= 15 is 0 Å². The highest BCUT2D eigenvalue weighted by atomic mass is 19.1. The third-order valence-electron chi connectivity index (χ3n) is 2.85. The van der Waals surface area contributed by atoms with Crippen LogP contribution >= 0.6 is 0 Å². The van der Waals surface area contributed by atoms with Gasteiger partial charge in [0, 0.05) is 11.9 Å². The average Bonchev–Trinajstić information content (AvgIpc) is 2.47. The SMILES string of the molecule is FC(CCc1ccccn1)COCc1ccccc1. The second-order valence-corrected chi connectivity index (χ2v) is 4.46. The lowest BCUT2D eigenvalue weighted by atomic mass is 10.1. The Labute approximate surface area is 113 Å². The molecule has 0 spiro atoms. The van der Waals surface area contributed by atoms with Gasteiger partial charge in [0.15, 0.2) is 0 Å². The number of rotatable bonds is 7. The maximum absolute atomic E-state index is 13.6. The average molecular weight is 259 g/mol. The van der Waals surface area contributed by atoms with Gasteiger partial charge in [-0.2, -0.15) is 0 Å². The standard InChI is InChI=1S/C16H18FNO/c17-15(9-10-16-8-4-5-11-18-16)13-19-12-14-6-2-1-3-7-14/h1-8,11,15H,9-10,12-13H2. The van der Waals surface area contributed by atoms with E-state index in [0.29, 0.717) is 19.4 Å². The number of pyridine rings is 1. The van der Waals surface area contributed by atoms with Crippen molar-refractivity contribution in [2.75, 3.05) is 6.61 Å². The van der Waals surface area contributed by atoms with E-state index in [1.54, 1.807) is 6.20 Å². The summed E-state index contributed by atoms with van der Waals surface area (Å²) in [6, 6.07) is 15.5. The molecule has 0 amide bonds. The van der Waals surface area contributed by atoms with Crippen molar-refractivity contribution >= 4 is 0 Å². The minimum atomic E-state index is -0.939. The zero-order valence-electron chi connectivity index (χ0n) is 10.8. The molecule has 19 heavy (non-hydrogen) atoms. The summed E-state index contributed by atoms with van der Waals surface area (Å²) in [5.74, 6) is 0. The summed E-state index contributed by atoms with van der Waals surface area (Å²) in [5, 5.41) is 0. The molecule has 1 atom stereocenters. The van der Waals surface area contributed by atoms with Gasteiger partial charge >= 0.3 is 0 Å². The van der Waals surface area contributed by atoms with Crippen molar-refractivity contribution in [1.29, 1.82) is 0 Å². The summed E-state index contributed by atoms with van der Waals surface area (Å²) in [4.78, 5) is 4.17. The van der Waals surface area contributed by atoms with E-state index in [-0.39, 0.29) is 6.61 Å². The first kappa shape index (κ1) is 13.7. The maximum Gasteiger partial charge on any atom is 0.124 e. The molecule has 1 aromatic heterocycles. The maximum atomic E-state index is 13.6. The Hall–Kier alpha value is -1.74. The van der Waals surface area contributed by atoms with E-state index in [0.717, 1.165) is 11.3 Å². The molecule has 2 aromatic rings. The number of hydrogen-bond acceptors (Lipinski definition) is 2. The van der Waals surface area contributed by atoms with E-state index in [1.165, 1.54) is 0 Å². The van der Waals surface area contributed by atoms with Crippen molar-refractivity contribution in [3.8, 4) is 0 Å². The van der Waals surface area contributed by atoms with Crippen LogP contribution in [0.4, 0.5) is 4.39 Å². The number of alkyl halides is 1. The second-order valence-electron chi connectivity index (χ2n) is 4.46. The molecule has 0 radical (unpaired) electrons. The first-order valence-electron chi connectivity index (χ1n) is 6.50. The van der Waals surface area contributed by atoms with Gasteiger partial charge in [-0.25, -0.2) is 4.39 Å². The molecule has 0 bridgehead atoms. The van der Waals surface area contributed by atoms with Gasteiger partial charge in [0.1, 0.15) is 6.17 Å². The molecule has 1 aromatic carbocycles. The van der Waals surface area contributed by atoms with Crippen LogP contribution in [-0.4, -0.2) is 17.8 Å². The van der Waals surface area contributed by atoms with Crippen LogP contribution in [0.25, 0.3) is 0 Å². The minimum Gasteiger partial charge on any atom is -0.374 e. The van der Waals surface area contributed by atoms with Gasteiger partial charge in [-0.1, -0.05) is 36.4 Å². The van der Waals surface area contributed by atoms with Crippen LogP contribution in [0.1, 0.15) is 17.7 Å². The van der Waals surface area contributed by atoms with Crippen molar-refractivity contribution in [2.24, 2.45) is 0 Å². The number of hydrogen-bond donors (Lipinski definition) is 0. The highest BCUT2D eigenvalue weighted by molar-refractivity contribution is 5.13. The topological polar surface area (TPSA) is 22.1 Å². The molecular formula is C16H18FNO. The summed E-state index contributed by atoms with van der Waals surface area (Å²) in [7, 11) is 0. The monoisotopic (exact) mass is 259 g/mol. The fourth-order valence-electron chi connectivity index (χ4n) is 1.81. The quantitative estimate of drug-likeness (QED) is 0.758. The highest BCUT2D eigenvalue weighted by Crippen LogP contribution is 2.07. The molecule has 1 heterocycles. The van der Waals surface area contributed by atoms with Crippen LogP contribution in [-0.2, 0) is 17.8 Å². The van der Waals surface area contributed by atoms with Crippen molar-refractivity contribution in [1.82, 2.24) is 4.98 Å². The van der Waals surface area contributed by atoms with Crippen LogP contribution in [0.3, 0.4) is 0 Å². The summed E-state index contributed by atoms with van der Waals surface area (Å²) >= 11 is 0. The largest absolute Gasteiger partial charge is 0.374 e. The predicted molar refractivity (Wildman–Crippen MR) is 73.6 cm³/mol. The number of nitrogens with zero attached hydrogens (tertiary/aromatic N) is 1. The fourth-order valence-corrected chi connectivity index (χ4v) is 1.81. The van der Waals surface area contributed by atoms with Gasteiger partial charge in [-0.05, 0) is 30.5 Å². The number of aryl methyl sites for hydroxylation is 1. The summed E-state index contributed by atoms with van der Waals surface area (Å²) < 4.78 is 19.0. The van der Waals surface area contributed by atoms with Crippen LogP contribution < -0.4 is 0 Å². The molecule has 3 heteroatoms. The van der Waals surface area contributed by atoms with Gasteiger partial charge in [0.05, 0.1) is 13.2 Å². The molecule has 100 valence electrons. The van der Waals surface area contributed by atoms with E-state index in [4.69, 9.17) is 4.74 Å². The van der Waals surface area contributed by atoms with E-state index in [9.17, 15) is 4.39 Å². The molecule has 0 saturated carbocycles. The van der Waals surface area contributed by atoms with Gasteiger partial charge in [-0.15, -0.1) is 0 Å². The van der Waals surface area contributed by atoms with Gasteiger partial charge < -0.3 is 4.74 Å². The normalized spacial score (nSPS) is 12.3. The van der Waals surface area contributed by atoms with Gasteiger partial charge in [0.2, 0.25) is 0 Å². The van der Waals surface area contributed by atoms with E-state index in [1.807, 2.05) is 48.5 Å². The smallest absolute Gasteiger partial charge is 0.124 e. The first-order valence-corrected chi connectivity index (χ1v) is 6.50. The molecule has 1 unspecified atom stereocenters.